The minimum absolute atomic E-state index is 0.0265. The fourth-order valence-corrected chi connectivity index (χ4v) is 8.13. The Kier molecular flexibility index (Phi) is 9.90. The van der Waals surface area contributed by atoms with Crippen molar-refractivity contribution in [2.45, 2.75) is 80.9 Å². The number of nitrogens with one attached hydrogen (secondary N) is 1. The van der Waals surface area contributed by atoms with Gasteiger partial charge in [0.25, 0.3) is 5.91 Å². The number of carbonyl (C=O) groups excluding carboxylic acids is 1. The molecule has 4 rings (SSSR count). The molecule has 202 valence electrons. The number of hydrogen-bond acceptors (Lipinski definition) is 5. The fourth-order valence-electron chi connectivity index (χ4n) is 5.27. The standard InChI is InChI=1S/C28H39N3O4S2/c1-2-16-30-21-25(28(33)29-15-10-19-36-22-11-6-5-7-12-22)27(32)24-20-23(13-14-26(24)30)37(34,35)31-17-8-3-4-9-18-31/h2,13-14,20-22H,1,3-12,15-19H2,(H,29,33). The van der Waals surface area contributed by atoms with E-state index in [1.54, 1.807) is 29.0 Å². The predicted octanol–water partition coefficient (Wildman–Crippen LogP) is 4.94. The van der Waals surface area contributed by atoms with Gasteiger partial charge >= 0.3 is 0 Å². The zero-order chi connectivity index (χ0) is 26.3. The van der Waals surface area contributed by atoms with E-state index in [2.05, 4.69) is 11.9 Å². The number of fused-ring (bicyclic) bond motifs is 1. The molecule has 9 heteroatoms. The number of allylic oxidation sites excluding steroid dienone is 1. The van der Waals surface area contributed by atoms with Crippen molar-refractivity contribution >= 4 is 38.6 Å². The van der Waals surface area contributed by atoms with Crippen LogP contribution in [0.25, 0.3) is 10.9 Å². The van der Waals surface area contributed by atoms with E-state index >= 15 is 0 Å². The van der Waals surface area contributed by atoms with Crippen LogP contribution in [0.4, 0.5) is 0 Å². The third-order valence-corrected chi connectivity index (χ3v) is 10.7. The zero-order valence-corrected chi connectivity index (χ0v) is 23.3. The topological polar surface area (TPSA) is 88.5 Å². The second kappa shape index (κ2) is 13.1. The van der Waals surface area contributed by atoms with Crippen LogP contribution in [0.5, 0.6) is 0 Å². The summed E-state index contributed by atoms with van der Waals surface area (Å²) < 4.78 is 30.0. The normalized spacial score (nSPS) is 17.9. The van der Waals surface area contributed by atoms with Gasteiger partial charge in [-0.05, 0) is 56.1 Å². The van der Waals surface area contributed by atoms with Gasteiger partial charge in [-0.25, -0.2) is 8.42 Å². The van der Waals surface area contributed by atoms with Gasteiger partial charge < -0.3 is 9.88 Å². The molecule has 1 aromatic heterocycles. The molecule has 2 aromatic rings. The van der Waals surface area contributed by atoms with Crippen LogP contribution >= 0.6 is 11.8 Å². The highest BCUT2D eigenvalue weighted by Crippen LogP contribution is 2.28. The number of aromatic nitrogens is 1. The van der Waals surface area contributed by atoms with Crippen molar-refractivity contribution in [1.29, 1.82) is 0 Å². The predicted molar refractivity (Wildman–Crippen MR) is 152 cm³/mol. The number of thioether (sulfide) groups is 1. The van der Waals surface area contributed by atoms with Crippen LogP contribution in [-0.2, 0) is 16.6 Å². The molecule has 37 heavy (non-hydrogen) atoms. The van der Waals surface area contributed by atoms with Gasteiger partial charge in [0.2, 0.25) is 15.5 Å². The van der Waals surface area contributed by atoms with E-state index in [0.717, 1.165) is 43.1 Å². The SMILES string of the molecule is C=CCn1cc(C(=O)NCCCSC2CCCCC2)c(=O)c2cc(S(=O)(=O)N3CCCCCC3)ccc21. The van der Waals surface area contributed by atoms with Crippen LogP contribution in [0.3, 0.4) is 0 Å². The molecule has 2 aliphatic rings. The van der Waals surface area contributed by atoms with Crippen molar-refractivity contribution in [3.8, 4) is 0 Å². The van der Waals surface area contributed by atoms with Crippen molar-refractivity contribution in [3.05, 3.63) is 52.8 Å². The van der Waals surface area contributed by atoms with Gasteiger partial charge in [-0.1, -0.05) is 38.2 Å². The summed E-state index contributed by atoms with van der Waals surface area (Å²) in [5.41, 5.74) is 0.163. The van der Waals surface area contributed by atoms with Gasteiger partial charge in [0.15, 0.2) is 0 Å². The first-order chi connectivity index (χ1) is 17.9. The molecule has 7 nitrogen and oxygen atoms in total. The number of sulfonamides is 1. The Morgan fingerprint density at radius 1 is 1.08 bits per heavy atom. The molecule has 0 bridgehead atoms. The average molecular weight is 546 g/mol. The number of hydrogen-bond donors (Lipinski definition) is 1. The lowest BCUT2D eigenvalue weighted by molar-refractivity contribution is 0.0952. The maximum atomic E-state index is 13.4. The molecule has 1 saturated carbocycles. The van der Waals surface area contributed by atoms with Crippen molar-refractivity contribution in [3.63, 3.8) is 0 Å². The lowest BCUT2D eigenvalue weighted by Gasteiger charge is -2.21. The molecule has 1 aliphatic heterocycles. The third-order valence-electron chi connectivity index (χ3n) is 7.34. The molecule has 0 radical (unpaired) electrons. The molecular weight excluding hydrogens is 506 g/mol. The van der Waals surface area contributed by atoms with Crippen LogP contribution < -0.4 is 10.7 Å². The number of nitrogens with zero attached hydrogens (tertiary/aromatic N) is 2. The van der Waals surface area contributed by atoms with Crippen LogP contribution in [0.2, 0.25) is 0 Å². The highest BCUT2D eigenvalue weighted by Gasteiger charge is 2.26. The van der Waals surface area contributed by atoms with E-state index in [1.165, 1.54) is 42.5 Å². The van der Waals surface area contributed by atoms with Gasteiger partial charge in [-0.15, -0.1) is 6.58 Å². The maximum absolute atomic E-state index is 13.4. The van der Waals surface area contributed by atoms with E-state index in [9.17, 15) is 18.0 Å². The molecule has 1 N–H and O–H groups in total. The highest BCUT2D eigenvalue weighted by atomic mass is 32.2. The molecule has 0 spiro atoms. The van der Waals surface area contributed by atoms with Gasteiger partial charge in [0.1, 0.15) is 5.56 Å². The van der Waals surface area contributed by atoms with Gasteiger partial charge in [-0.3, -0.25) is 9.59 Å². The Morgan fingerprint density at radius 2 is 1.78 bits per heavy atom. The van der Waals surface area contributed by atoms with E-state index in [1.807, 2.05) is 11.8 Å². The van der Waals surface area contributed by atoms with Crippen molar-refractivity contribution in [2.75, 3.05) is 25.4 Å². The van der Waals surface area contributed by atoms with Crippen molar-refractivity contribution < 1.29 is 13.2 Å². The number of amides is 1. The molecule has 2 heterocycles. The smallest absolute Gasteiger partial charge is 0.256 e. The first-order valence-corrected chi connectivity index (χ1v) is 16.1. The molecule has 1 saturated heterocycles. The van der Waals surface area contributed by atoms with Crippen LogP contribution in [0.15, 0.2) is 46.7 Å². The summed E-state index contributed by atoms with van der Waals surface area (Å²) >= 11 is 1.99. The summed E-state index contributed by atoms with van der Waals surface area (Å²) in [7, 11) is -3.72. The van der Waals surface area contributed by atoms with Crippen LogP contribution in [-0.4, -0.2) is 53.8 Å². The quantitative estimate of drug-likeness (QED) is 0.338. The van der Waals surface area contributed by atoms with E-state index < -0.39 is 21.4 Å². The first-order valence-electron chi connectivity index (χ1n) is 13.6. The summed E-state index contributed by atoms with van der Waals surface area (Å²) in [6.45, 7) is 5.66. The largest absolute Gasteiger partial charge is 0.352 e. The number of rotatable bonds is 10. The minimum atomic E-state index is -3.72. The Bertz CT molecular complexity index is 1260. The summed E-state index contributed by atoms with van der Waals surface area (Å²) in [4.78, 5) is 26.5. The van der Waals surface area contributed by atoms with E-state index in [-0.39, 0.29) is 15.8 Å². The lowest BCUT2D eigenvalue weighted by Crippen LogP contribution is -2.32. The fraction of sp³-hybridized carbons (Fsp3) is 0.571. The number of carbonyl (C=O) groups is 1. The molecule has 0 atom stereocenters. The van der Waals surface area contributed by atoms with Crippen molar-refractivity contribution in [2.24, 2.45) is 0 Å². The summed E-state index contributed by atoms with van der Waals surface area (Å²) in [6, 6.07) is 4.66. The third kappa shape index (κ3) is 6.86. The lowest BCUT2D eigenvalue weighted by atomic mass is 10.0. The van der Waals surface area contributed by atoms with E-state index in [4.69, 9.17) is 0 Å². The maximum Gasteiger partial charge on any atom is 0.256 e. The Balaban J connectivity index is 1.53. The highest BCUT2D eigenvalue weighted by molar-refractivity contribution is 7.99. The zero-order valence-electron chi connectivity index (χ0n) is 21.6. The summed E-state index contributed by atoms with van der Waals surface area (Å²) in [5, 5.41) is 3.86. The molecular formula is C28H39N3O4S2. The minimum Gasteiger partial charge on any atom is -0.352 e. The number of benzene rings is 1. The molecule has 1 aliphatic carbocycles. The summed E-state index contributed by atoms with van der Waals surface area (Å²) in [5.74, 6) is 0.564. The number of pyridine rings is 1. The molecule has 1 amide bonds. The molecule has 2 fully saturated rings. The van der Waals surface area contributed by atoms with Crippen molar-refractivity contribution in [1.82, 2.24) is 14.2 Å². The van der Waals surface area contributed by atoms with Crippen LogP contribution in [0.1, 0.15) is 74.6 Å². The first kappa shape index (κ1) is 27.9. The Morgan fingerprint density at radius 3 is 2.49 bits per heavy atom. The molecule has 0 unspecified atom stereocenters. The van der Waals surface area contributed by atoms with Crippen LogP contribution in [0, 0.1) is 0 Å². The summed E-state index contributed by atoms with van der Waals surface area (Å²) in [6.07, 6.45) is 14.3. The van der Waals surface area contributed by atoms with E-state index in [0.29, 0.717) is 31.7 Å². The van der Waals surface area contributed by atoms with Gasteiger partial charge in [0.05, 0.1) is 10.4 Å². The van der Waals surface area contributed by atoms with Gasteiger partial charge in [-0.2, -0.15) is 16.1 Å². The Labute approximate surface area is 224 Å². The second-order valence-electron chi connectivity index (χ2n) is 10.1. The second-order valence-corrected chi connectivity index (χ2v) is 13.4. The van der Waals surface area contributed by atoms with Gasteiger partial charge in [0, 0.05) is 43.0 Å². The molecule has 1 aromatic carbocycles. The average Bonchev–Trinajstić information content (AvgIpc) is 3.21. The monoisotopic (exact) mass is 545 g/mol. The Hall–Kier alpha value is -2.10.